The molecule has 0 saturated heterocycles. The zero-order chi connectivity index (χ0) is 22.1. The first-order chi connectivity index (χ1) is 14.2. The highest BCUT2D eigenvalue weighted by molar-refractivity contribution is 7.98. The van der Waals surface area contributed by atoms with Gasteiger partial charge in [0, 0.05) is 37.1 Å². The number of nitrogens with zero attached hydrogens (tertiary/aromatic N) is 1. The molecule has 0 aliphatic heterocycles. The highest BCUT2D eigenvalue weighted by Crippen LogP contribution is 2.21. The average Bonchev–Trinajstić information content (AvgIpc) is 2.68. The fraction of sp³-hybridized carbons (Fsp3) is 0.381. The van der Waals surface area contributed by atoms with Crippen molar-refractivity contribution < 1.29 is 22.0 Å². The molecule has 164 valence electrons. The van der Waals surface area contributed by atoms with E-state index >= 15 is 0 Å². The zero-order valence-corrected chi connectivity index (χ0v) is 18.7. The minimum absolute atomic E-state index is 0.000496. The van der Waals surface area contributed by atoms with Crippen molar-refractivity contribution >= 4 is 33.4 Å². The van der Waals surface area contributed by atoms with E-state index in [0.29, 0.717) is 6.54 Å². The number of hydrogen-bond donors (Lipinski definition) is 1. The van der Waals surface area contributed by atoms with Gasteiger partial charge in [-0.3, -0.25) is 9.10 Å². The number of aryl methyl sites for hydroxylation is 1. The van der Waals surface area contributed by atoms with Crippen LogP contribution in [0.3, 0.4) is 0 Å². The van der Waals surface area contributed by atoms with Crippen LogP contribution in [0, 0.1) is 18.6 Å². The van der Waals surface area contributed by atoms with Crippen molar-refractivity contribution in [2.75, 3.05) is 29.4 Å². The molecule has 0 bridgehead atoms. The highest BCUT2D eigenvalue weighted by atomic mass is 32.2. The second-order valence-corrected chi connectivity index (χ2v) is 9.94. The molecule has 1 N–H and O–H groups in total. The maximum absolute atomic E-state index is 13.4. The number of rotatable bonds is 11. The second kappa shape index (κ2) is 11.3. The van der Waals surface area contributed by atoms with Crippen LogP contribution in [0.25, 0.3) is 0 Å². The predicted molar refractivity (Wildman–Crippen MR) is 118 cm³/mol. The molecular formula is C21H26F2N2O3S2. The van der Waals surface area contributed by atoms with E-state index < -0.39 is 21.7 Å². The Hall–Kier alpha value is -2.13. The van der Waals surface area contributed by atoms with Gasteiger partial charge in [0.1, 0.15) is 0 Å². The Labute approximate surface area is 180 Å². The summed E-state index contributed by atoms with van der Waals surface area (Å²) in [5.41, 5.74) is 2.48. The number of carbonyl (C=O) groups excluding carboxylic acids is 1. The summed E-state index contributed by atoms with van der Waals surface area (Å²) in [6, 6.07) is 11.2. The van der Waals surface area contributed by atoms with Crippen LogP contribution in [0.4, 0.5) is 14.5 Å². The molecular weight excluding hydrogens is 430 g/mol. The van der Waals surface area contributed by atoms with E-state index in [-0.39, 0.29) is 31.0 Å². The summed E-state index contributed by atoms with van der Waals surface area (Å²) >= 11 is 1.72. The standard InChI is InChI=1S/C21H26F2N2O3S2/c1-16-5-7-17(8-6-16)15-29-13-11-24-21(26)4-3-12-25(30(2,27)28)18-9-10-19(22)20(23)14-18/h5-10,14H,3-4,11-13,15H2,1-2H3,(H,24,26). The molecule has 0 fully saturated rings. The van der Waals surface area contributed by atoms with Gasteiger partial charge in [0.15, 0.2) is 11.6 Å². The van der Waals surface area contributed by atoms with Crippen molar-refractivity contribution in [2.24, 2.45) is 0 Å². The van der Waals surface area contributed by atoms with Gasteiger partial charge in [-0.25, -0.2) is 17.2 Å². The first-order valence-corrected chi connectivity index (χ1v) is 12.5. The SMILES string of the molecule is Cc1ccc(CSCCNC(=O)CCCN(c2ccc(F)c(F)c2)S(C)(=O)=O)cc1. The monoisotopic (exact) mass is 456 g/mol. The topological polar surface area (TPSA) is 66.5 Å². The van der Waals surface area contributed by atoms with Crippen LogP contribution < -0.4 is 9.62 Å². The lowest BCUT2D eigenvalue weighted by Gasteiger charge is -2.22. The van der Waals surface area contributed by atoms with E-state index in [1.807, 2.05) is 6.92 Å². The first kappa shape index (κ1) is 24.1. The van der Waals surface area contributed by atoms with Crippen LogP contribution in [-0.4, -0.2) is 39.4 Å². The van der Waals surface area contributed by atoms with Crippen LogP contribution in [-0.2, 0) is 20.6 Å². The molecule has 0 saturated carbocycles. The maximum atomic E-state index is 13.4. The number of carbonyl (C=O) groups is 1. The van der Waals surface area contributed by atoms with Crippen LogP contribution in [0.1, 0.15) is 24.0 Å². The van der Waals surface area contributed by atoms with Crippen LogP contribution in [0.2, 0.25) is 0 Å². The molecule has 9 heteroatoms. The lowest BCUT2D eigenvalue weighted by molar-refractivity contribution is -0.121. The third-order valence-corrected chi connectivity index (χ3v) is 6.54. The van der Waals surface area contributed by atoms with E-state index in [1.165, 1.54) is 17.2 Å². The highest BCUT2D eigenvalue weighted by Gasteiger charge is 2.19. The molecule has 2 aromatic carbocycles. The summed E-state index contributed by atoms with van der Waals surface area (Å²) in [6.07, 6.45) is 1.38. The molecule has 30 heavy (non-hydrogen) atoms. The van der Waals surface area contributed by atoms with Gasteiger partial charge in [0.25, 0.3) is 0 Å². The van der Waals surface area contributed by atoms with E-state index in [2.05, 4.69) is 29.6 Å². The number of anilines is 1. The summed E-state index contributed by atoms with van der Waals surface area (Å²) in [4.78, 5) is 12.0. The Kier molecular flexibility index (Phi) is 9.10. The quantitative estimate of drug-likeness (QED) is 0.522. The lowest BCUT2D eigenvalue weighted by Crippen LogP contribution is -2.32. The molecule has 0 unspecified atom stereocenters. The molecule has 0 spiro atoms. The predicted octanol–water partition coefficient (Wildman–Crippen LogP) is 3.87. The molecule has 2 aromatic rings. The lowest BCUT2D eigenvalue weighted by atomic mass is 10.2. The number of halogens is 2. The zero-order valence-electron chi connectivity index (χ0n) is 17.0. The Morgan fingerprint density at radius 1 is 1.10 bits per heavy atom. The molecule has 0 heterocycles. The molecule has 0 radical (unpaired) electrons. The van der Waals surface area contributed by atoms with Crippen molar-refractivity contribution in [3.8, 4) is 0 Å². The molecule has 0 atom stereocenters. The van der Waals surface area contributed by atoms with Gasteiger partial charge >= 0.3 is 0 Å². The van der Waals surface area contributed by atoms with Crippen molar-refractivity contribution in [2.45, 2.75) is 25.5 Å². The third kappa shape index (κ3) is 7.95. The molecule has 2 rings (SSSR count). The number of amides is 1. The van der Waals surface area contributed by atoms with Crippen molar-refractivity contribution in [1.82, 2.24) is 5.32 Å². The number of sulfonamides is 1. The van der Waals surface area contributed by atoms with E-state index in [9.17, 15) is 22.0 Å². The van der Waals surface area contributed by atoms with Gasteiger partial charge in [-0.15, -0.1) is 0 Å². The number of nitrogens with one attached hydrogen (secondary N) is 1. The second-order valence-electron chi connectivity index (χ2n) is 6.93. The van der Waals surface area contributed by atoms with Gasteiger partial charge in [0.2, 0.25) is 15.9 Å². The molecule has 1 amide bonds. The van der Waals surface area contributed by atoms with Gasteiger partial charge < -0.3 is 5.32 Å². The molecule has 0 aliphatic carbocycles. The average molecular weight is 457 g/mol. The summed E-state index contributed by atoms with van der Waals surface area (Å²) in [5.74, 6) is -0.712. The minimum Gasteiger partial charge on any atom is -0.355 e. The Bertz CT molecular complexity index is 951. The van der Waals surface area contributed by atoms with E-state index in [4.69, 9.17) is 0 Å². The van der Waals surface area contributed by atoms with E-state index in [1.54, 1.807) is 11.8 Å². The Morgan fingerprint density at radius 3 is 2.43 bits per heavy atom. The largest absolute Gasteiger partial charge is 0.355 e. The fourth-order valence-corrected chi connectivity index (χ4v) is 4.51. The summed E-state index contributed by atoms with van der Waals surface area (Å²) in [7, 11) is -3.69. The smallest absolute Gasteiger partial charge is 0.232 e. The fourth-order valence-electron chi connectivity index (χ4n) is 2.74. The van der Waals surface area contributed by atoms with Crippen molar-refractivity contribution in [3.05, 3.63) is 65.2 Å². The summed E-state index contributed by atoms with van der Waals surface area (Å²) in [5, 5.41) is 2.81. The van der Waals surface area contributed by atoms with Gasteiger partial charge in [0.05, 0.1) is 11.9 Å². The minimum atomic E-state index is -3.69. The summed E-state index contributed by atoms with van der Waals surface area (Å²) in [6.45, 7) is 2.56. The van der Waals surface area contributed by atoms with Crippen molar-refractivity contribution in [1.29, 1.82) is 0 Å². The van der Waals surface area contributed by atoms with E-state index in [0.717, 1.165) is 34.2 Å². The van der Waals surface area contributed by atoms with Crippen LogP contribution in [0.5, 0.6) is 0 Å². The number of thioether (sulfide) groups is 1. The van der Waals surface area contributed by atoms with Crippen LogP contribution in [0.15, 0.2) is 42.5 Å². The van der Waals surface area contributed by atoms with Crippen LogP contribution >= 0.6 is 11.8 Å². The molecule has 0 aliphatic rings. The Balaban J connectivity index is 1.72. The molecule has 5 nitrogen and oxygen atoms in total. The van der Waals surface area contributed by atoms with Gasteiger partial charge in [-0.05, 0) is 31.0 Å². The number of hydrogen-bond acceptors (Lipinski definition) is 4. The summed E-state index contributed by atoms with van der Waals surface area (Å²) < 4.78 is 51.5. The maximum Gasteiger partial charge on any atom is 0.232 e. The number of benzene rings is 2. The normalized spacial score (nSPS) is 11.3. The molecule has 0 aromatic heterocycles. The third-order valence-electron chi connectivity index (χ3n) is 4.31. The first-order valence-electron chi connectivity index (χ1n) is 9.49. The Morgan fingerprint density at radius 2 is 1.80 bits per heavy atom. The van der Waals surface area contributed by atoms with Crippen molar-refractivity contribution in [3.63, 3.8) is 0 Å². The van der Waals surface area contributed by atoms with Gasteiger partial charge in [-0.1, -0.05) is 29.8 Å². The van der Waals surface area contributed by atoms with Gasteiger partial charge in [-0.2, -0.15) is 11.8 Å².